The molecule has 0 saturated carbocycles. The molecule has 1 fully saturated rings. The first-order valence-electron chi connectivity index (χ1n) is 9.94. The minimum absolute atomic E-state index is 0.0867. The molecule has 4 rings (SSSR count). The summed E-state index contributed by atoms with van der Waals surface area (Å²) in [5, 5.41) is 9.23. The van der Waals surface area contributed by atoms with Crippen LogP contribution in [0.3, 0.4) is 0 Å². The van der Waals surface area contributed by atoms with Crippen LogP contribution in [0.4, 0.5) is 14.5 Å². The number of aryl methyl sites for hydroxylation is 1. The number of ether oxygens (including phenoxy) is 1. The highest BCUT2D eigenvalue weighted by atomic mass is 19.3. The Bertz CT molecular complexity index is 1200. The number of halogens is 2. The Morgan fingerprint density at radius 2 is 2.10 bits per heavy atom. The molecule has 160 valence electrons. The smallest absolute Gasteiger partial charge is 0.265 e. The monoisotopic (exact) mass is 425 g/mol. The van der Waals surface area contributed by atoms with E-state index in [1.54, 1.807) is 25.2 Å². The summed E-state index contributed by atoms with van der Waals surface area (Å²) in [5.74, 6) is 0.401. The second kappa shape index (κ2) is 8.30. The molecule has 1 saturated heterocycles. The molecule has 31 heavy (non-hydrogen) atoms. The van der Waals surface area contributed by atoms with Crippen LogP contribution in [0.15, 0.2) is 41.3 Å². The minimum Gasteiger partial charge on any atom is -0.474 e. The fourth-order valence-corrected chi connectivity index (χ4v) is 3.88. The Labute approximate surface area is 177 Å². The van der Waals surface area contributed by atoms with Crippen LogP contribution in [-0.4, -0.2) is 33.7 Å². The average Bonchev–Trinajstić information content (AvgIpc) is 2.77. The fourth-order valence-electron chi connectivity index (χ4n) is 3.88. The van der Waals surface area contributed by atoms with E-state index >= 15 is 0 Å². The van der Waals surface area contributed by atoms with E-state index in [-0.39, 0.29) is 28.8 Å². The van der Waals surface area contributed by atoms with E-state index in [4.69, 9.17) is 4.74 Å². The van der Waals surface area contributed by atoms with E-state index in [0.29, 0.717) is 42.1 Å². The van der Waals surface area contributed by atoms with Crippen molar-refractivity contribution in [3.63, 3.8) is 0 Å². The van der Waals surface area contributed by atoms with Crippen molar-refractivity contribution in [1.29, 1.82) is 5.26 Å². The van der Waals surface area contributed by atoms with Gasteiger partial charge in [-0.1, -0.05) is 6.92 Å². The molecule has 0 radical (unpaired) electrons. The van der Waals surface area contributed by atoms with Gasteiger partial charge < -0.3 is 14.2 Å². The number of pyridine rings is 3. The van der Waals surface area contributed by atoms with Crippen molar-refractivity contribution in [1.82, 2.24) is 14.5 Å². The number of piperidine rings is 1. The van der Waals surface area contributed by atoms with Crippen LogP contribution >= 0.6 is 0 Å². The Morgan fingerprint density at radius 3 is 2.74 bits per heavy atom. The fraction of sp³-hybridized carbons (Fsp3) is 0.364. The van der Waals surface area contributed by atoms with Crippen LogP contribution in [0.2, 0.25) is 0 Å². The van der Waals surface area contributed by atoms with Crippen molar-refractivity contribution < 1.29 is 13.5 Å². The van der Waals surface area contributed by atoms with Gasteiger partial charge in [-0.3, -0.25) is 4.79 Å². The quantitative estimate of drug-likeness (QED) is 0.637. The Kier molecular flexibility index (Phi) is 5.55. The highest BCUT2D eigenvalue weighted by Gasteiger charge is 2.29. The molecule has 0 unspecified atom stereocenters. The van der Waals surface area contributed by atoms with Gasteiger partial charge >= 0.3 is 0 Å². The first kappa shape index (κ1) is 20.7. The number of nitriles is 1. The number of hydrogen-bond acceptors (Lipinski definition) is 6. The van der Waals surface area contributed by atoms with Crippen molar-refractivity contribution in [3.8, 4) is 11.9 Å². The molecule has 3 aromatic heterocycles. The number of alkyl halides is 2. The Balaban J connectivity index is 1.56. The first-order valence-corrected chi connectivity index (χ1v) is 9.94. The van der Waals surface area contributed by atoms with Crippen LogP contribution in [0, 0.1) is 17.2 Å². The lowest BCUT2D eigenvalue weighted by Gasteiger charge is -2.38. The number of anilines is 1. The van der Waals surface area contributed by atoms with Gasteiger partial charge in [-0.2, -0.15) is 5.26 Å². The number of rotatable bonds is 4. The number of fused-ring (bicyclic) bond motifs is 1. The SMILES string of the molecule is C[C@@H]1CN(c2cc(=O)n(C)c3ccc(C#N)nc23)CC[C@@H]1Oc1ccc(C(F)F)cn1. The van der Waals surface area contributed by atoms with Gasteiger partial charge in [-0.15, -0.1) is 0 Å². The highest BCUT2D eigenvalue weighted by molar-refractivity contribution is 5.88. The molecule has 0 N–H and O–H groups in total. The third-order valence-corrected chi connectivity index (χ3v) is 5.63. The topological polar surface area (TPSA) is 84.0 Å². The molecule has 7 nitrogen and oxygen atoms in total. The molecule has 9 heteroatoms. The maximum atomic E-state index is 12.7. The van der Waals surface area contributed by atoms with Gasteiger partial charge in [0.2, 0.25) is 5.88 Å². The summed E-state index contributed by atoms with van der Waals surface area (Å²) in [6.07, 6.45) is -0.910. The normalized spacial score (nSPS) is 18.9. The molecular formula is C22H21F2N5O2. The molecule has 0 aromatic carbocycles. The second-order valence-corrected chi connectivity index (χ2v) is 7.70. The summed E-state index contributed by atoms with van der Waals surface area (Å²) in [4.78, 5) is 23.0. The van der Waals surface area contributed by atoms with Gasteiger partial charge in [0, 0.05) is 56.4 Å². The molecule has 4 heterocycles. The van der Waals surface area contributed by atoms with Crippen molar-refractivity contribution in [2.45, 2.75) is 25.9 Å². The van der Waals surface area contributed by atoms with Crippen LogP contribution in [0.5, 0.6) is 5.88 Å². The molecule has 2 atom stereocenters. The zero-order chi connectivity index (χ0) is 22.1. The highest BCUT2D eigenvalue weighted by Crippen LogP contribution is 2.30. The third kappa shape index (κ3) is 4.06. The molecule has 3 aromatic rings. The first-order chi connectivity index (χ1) is 14.9. The van der Waals surface area contributed by atoms with E-state index in [1.165, 1.54) is 16.7 Å². The van der Waals surface area contributed by atoms with E-state index in [9.17, 15) is 18.8 Å². The van der Waals surface area contributed by atoms with Crippen LogP contribution in [0.1, 0.15) is 31.0 Å². The van der Waals surface area contributed by atoms with Crippen molar-refractivity contribution in [2.24, 2.45) is 13.0 Å². The lowest BCUT2D eigenvalue weighted by atomic mass is 9.96. The average molecular weight is 425 g/mol. The van der Waals surface area contributed by atoms with Crippen molar-refractivity contribution in [2.75, 3.05) is 18.0 Å². The lowest BCUT2D eigenvalue weighted by Crippen LogP contribution is -2.45. The van der Waals surface area contributed by atoms with Crippen molar-refractivity contribution >= 4 is 16.7 Å². The maximum absolute atomic E-state index is 12.7. The Hall–Kier alpha value is -3.54. The van der Waals surface area contributed by atoms with Gasteiger partial charge in [0.25, 0.3) is 12.0 Å². The molecule has 1 aliphatic rings. The van der Waals surface area contributed by atoms with Crippen molar-refractivity contribution in [3.05, 3.63) is 58.1 Å². The summed E-state index contributed by atoms with van der Waals surface area (Å²) in [6.45, 7) is 3.26. The molecule has 1 aliphatic heterocycles. The summed E-state index contributed by atoms with van der Waals surface area (Å²) in [7, 11) is 1.68. The van der Waals surface area contributed by atoms with Gasteiger partial charge in [-0.05, 0) is 18.2 Å². The second-order valence-electron chi connectivity index (χ2n) is 7.70. The van der Waals surface area contributed by atoms with Crippen LogP contribution < -0.4 is 15.2 Å². The number of hydrogen-bond donors (Lipinski definition) is 0. The molecule has 0 bridgehead atoms. The lowest BCUT2D eigenvalue weighted by molar-refractivity contribution is 0.115. The molecule has 0 aliphatic carbocycles. The number of nitrogens with zero attached hydrogens (tertiary/aromatic N) is 5. The van der Waals surface area contributed by atoms with Crippen LogP contribution in [0.25, 0.3) is 11.0 Å². The van der Waals surface area contributed by atoms with E-state index in [0.717, 1.165) is 6.20 Å². The number of aromatic nitrogens is 3. The zero-order valence-electron chi connectivity index (χ0n) is 17.1. The van der Waals surface area contributed by atoms with Gasteiger partial charge in [0.15, 0.2) is 0 Å². The van der Waals surface area contributed by atoms with Gasteiger partial charge in [0.05, 0.1) is 11.2 Å². The summed E-state index contributed by atoms with van der Waals surface area (Å²) in [5.41, 5.74) is 1.96. The predicted molar refractivity (Wildman–Crippen MR) is 111 cm³/mol. The van der Waals surface area contributed by atoms with Gasteiger partial charge in [-0.25, -0.2) is 18.7 Å². The third-order valence-electron chi connectivity index (χ3n) is 5.63. The van der Waals surface area contributed by atoms with E-state index in [1.807, 2.05) is 13.0 Å². The summed E-state index contributed by atoms with van der Waals surface area (Å²) in [6, 6.07) is 9.71. The maximum Gasteiger partial charge on any atom is 0.265 e. The minimum atomic E-state index is -2.56. The Morgan fingerprint density at radius 1 is 1.29 bits per heavy atom. The van der Waals surface area contributed by atoms with E-state index < -0.39 is 6.43 Å². The molecular weight excluding hydrogens is 404 g/mol. The molecule has 0 amide bonds. The predicted octanol–water partition coefficient (Wildman–Crippen LogP) is 3.43. The van der Waals surface area contributed by atoms with Gasteiger partial charge in [0.1, 0.15) is 23.4 Å². The standard InChI is InChI=1S/C22H21F2N5O2/c1-13-12-29(8-7-18(13)31-19-6-3-14(11-26-19)22(23)24)17-9-20(30)28(2)16-5-4-15(10-25)27-21(16)17/h3-6,9,11,13,18,22H,7-8,12H2,1-2H3/t13-,18+/m1/s1. The van der Waals surface area contributed by atoms with E-state index in [2.05, 4.69) is 14.9 Å². The van der Waals surface area contributed by atoms with Crippen LogP contribution in [-0.2, 0) is 7.05 Å². The molecule has 0 spiro atoms. The summed E-state index contributed by atoms with van der Waals surface area (Å²) < 4.78 is 32.9. The zero-order valence-corrected chi connectivity index (χ0v) is 17.1. The largest absolute Gasteiger partial charge is 0.474 e. The summed E-state index contributed by atoms with van der Waals surface area (Å²) >= 11 is 0.